The molecule has 0 heterocycles. The van der Waals surface area contributed by atoms with Gasteiger partial charge >= 0.3 is 0 Å². The highest BCUT2D eigenvalue weighted by Gasteiger charge is 2.60. The molecule has 4 fully saturated rings. The fourth-order valence-corrected chi connectivity index (χ4v) is 6.29. The second-order valence-corrected chi connectivity index (χ2v) is 7.90. The van der Waals surface area contributed by atoms with Crippen molar-refractivity contribution in [3.63, 3.8) is 0 Å². The highest BCUT2D eigenvalue weighted by molar-refractivity contribution is 5.82. The highest BCUT2D eigenvalue weighted by atomic mass is 16.2. The van der Waals surface area contributed by atoms with Crippen LogP contribution in [0.15, 0.2) is 4.99 Å². The van der Waals surface area contributed by atoms with Crippen molar-refractivity contribution in [1.29, 1.82) is 0 Å². The van der Waals surface area contributed by atoms with E-state index in [4.69, 9.17) is 0 Å². The molecule has 0 saturated heterocycles. The number of carbonyl (C=O) groups excluding carboxylic acids is 2. The quantitative estimate of drug-likeness (QED) is 0.555. The van der Waals surface area contributed by atoms with Gasteiger partial charge in [0.2, 0.25) is 6.08 Å². The lowest BCUT2D eigenvalue weighted by molar-refractivity contribution is -0.154. The maximum atomic E-state index is 11.7. The van der Waals surface area contributed by atoms with Gasteiger partial charge in [-0.25, -0.2) is 4.79 Å². The molecule has 4 aliphatic rings. The Morgan fingerprint density at radius 3 is 2.28 bits per heavy atom. The first kappa shape index (κ1) is 12.1. The van der Waals surface area contributed by atoms with E-state index in [0.29, 0.717) is 17.3 Å². The average Bonchev–Trinajstić information content (AvgIpc) is 2.09. The second-order valence-electron chi connectivity index (χ2n) is 7.90. The molecule has 0 N–H and O–H groups in total. The maximum Gasteiger partial charge on any atom is 0.257 e. The molecule has 4 saturated carbocycles. The number of rotatable bonds is 2. The summed E-state index contributed by atoms with van der Waals surface area (Å²) in [6.45, 7) is 4.77. The number of nitrogens with zero attached hydrogens (tertiary/aromatic N) is 1. The molecule has 3 heteroatoms. The minimum Gasteiger partial charge on any atom is -0.272 e. The van der Waals surface area contributed by atoms with Gasteiger partial charge in [-0.05, 0) is 60.7 Å². The van der Waals surface area contributed by atoms with Gasteiger partial charge in [0.05, 0.1) is 0 Å². The largest absolute Gasteiger partial charge is 0.272 e. The van der Waals surface area contributed by atoms with Gasteiger partial charge in [0.25, 0.3) is 5.91 Å². The summed E-state index contributed by atoms with van der Waals surface area (Å²) in [5, 5.41) is 0. The van der Waals surface area contributed by atoms with E-state index in [-0.39, 0.29) is 11.3 Å². The smallest absolute Gasteiger partial charge is 0.257 e. The van der Waals surface area contributed by atoms with E-state index in [0.717, 1.165) is 25.2 Å². The Morgan fingerprint density at radius 2 is 1.78 bits per heavy atom. The molecule has 2 unspecified atom stereocenters. The van der Waals surface area contributed by atoms with Crippen LogP contribution in [0.5, 0.6) is 0 Å². The van der Waals surface area contributed by atoms with Crippen LogP contribution in [-0.2, 0) is 9.59 Å². The normalized spacial score (nSPS) is 48.9. The summed E-state index contributed by atoms with van der Waals surface area (Å²) >= 11 is 0. The number of hydrogen-bond donors (Lipinski definition) is 0. The van der Waals surface area contributed by atoms with Gasteiger partial charge in [-0.3, -0.25) is 4.79 Å². The fraction of sp³-hybridized carbons (Fsp3) is 0.867. The predicted octanol–water partition coefficient (Wildman–Crippen LogP) is 3.24. The number of isocyanates is 1. The van der Waals surface area contributed by atoms with Gasteiger partial charge in [0, 0.05) is 6.42 Å². The van der Waals surface area contributed by atoms with Crippen LogP contribution in [0.1, 0.15) is 58.8 Å². The summed E-state index contributed by atoms with van der Waals surface area (Å²) in [5.41, 5.74) is 0.957. The topological polar surface area (TPSA) is 46.5 Å². The molecule has 2 atom stereocenters. The van der Waals surface area contributed by atoms with Crippen LogP contribution in [0.25, 0.3) is 0 Å². The van der Waals surface area contributed by atoms with E-state index in [9.17, 15) is 9.59 Å². The molecule has 0 aromatic heterocycles. The first-order valence-corrected chi connectivity index (χ1v) is 6.97. The van der Waals surface area contributed by atoms with Crippen molar-refractivity contribution >= 4 is 12.0 Å². The summed E-state index contributed by atoms with van der Waals surface area (Å²) in [6.07, 6.45) is 9.28. The Hall–Kier alpha value is -0.950. The SMILES string of the molecule is CC12CC3CC(C)(C1)CC(CC(=O)N=C=O)(C3)C2. The Bertz CT molecular complexity index is 431. The lowest BCUT2D eigenvalue weighted by Gasteiger charge is -2.65. The molecule has 3 nitrogen and oxygen atoms in total. The first-order chi connectivity index (χ1) is 8.36. The van der Waals surface area contributed by atoms with Gasteiger partial charge < -0.3 is 0 Å². The molecule has 4 bridgehead atoms. The Kier molecular flexibility index (Phi) is 2.38. The third kappa shape index (κ3) is 1.85. The van der Waals surface area contributed by atoms with Crippen molar-refractivity contribution < 1.29 is 9.59 Å². The van der Waals surface area contributed by atoms with Crippen molar-refractivity contribution in [2.24, 2.45) is 27.2 Å². The molecule has 4 rings (SSSR count). The van der Waals surface area contributed by atoms with Gasteiger partial charge in [-0.1, -0.05) is 13.8 Å². The molecule has 0 aliphatic heterocycles. The monoisotopic (exact) mass is 247 g/mol. The average molecular weight is 247 g/mol. The highest BCUT2D eigenvalue weighted by Crippen LogP contribution is 2.70. The Labute approximate surface area is 108 Å². The summed E-state index contributed by atoms with van der Waals surface area (Å²) in [7, 11) is 0. The molecule has 98 valence electrons. The zero-order valence-electron chi connectivity index (χ0n) is 11.3. The van der Waals surface area contributed by atoms with Crippen LogP contribution in [0.4, 0.5) is 0 Å². The number of hydrogen-bond acceptors (Lipinski definition) is 2. The molecule has 1 amide bonds. The fourth-order valence-electron chi connectivity index (χ4n) is 6.29. The van der Waals surface area contributed by atoms with Gasteiger partial charge in [0.15, 0.2) is 0 Å². The van der Waals surface area contributed by atoms with Gasteiger partial charge in [-0.15, -0.1) is 4.99 Å². The first-order valence-electron chi connectivity index (χ1n) is 6.97. The van der Waals surface area contributed by atoms with Gasteiger partial charge in [0.1, 0.15) is 0 Å². The van der Waals surface area contributed by atoms with Crippen molar-refractivity contribution in [3.8, 4) is 0 Å². The maximum absolute atomic E-state index is 11.7. The van der Waals surface area contributed by atoms with Crippen molar-refractivity contribution in [1.82, 2.24) is 0 Å². The van der Waals surface area contributed by atoms with Crippen LogP contribution >= 0.6 is 0 Å². The minimum absolute atomic E-state index is 0.125. The van der Waals surface area contributed by atoms with E-state index >= 15 is 0 Å². The second kappa shape index (κ2) is 3.54. The summed E-state index contributed by atoms with van der Waals surface area (Å²) in [6, 6.07) is 0. The molecule has 0 aromatic rings. The standard InChI is InChI=1S/C15H21NO2/c1-13-3-11-4-14(2,7-13)9-15(5-11,8-13)6-12(18)16-10-17/h11H,3-9H2,1-2H3. The lowest BCUT2D eigenvalue weighted by Crippen LogP contribution is -2.55. The number of carbonyl (C=O) groups is 1. The minimum atomic E-state index is -0.265. The Morgan fingerprint density at radius 1 is 1.17 bits per heavy atom. The lowest BCUT2D eigenvalue weighted by atomic mass is 9.40. The van der Waals surface area contributed by atoms with E-state index in [2.05, 4.69) is 18.8 Å². The molecular formula is C15H21NO2. The van der Waals surface area contributed by atoms with E-state index in [1.165, 1.54) is 25.3 Å². The third-order valence-corrected chi connectivity index (χ3v) is 5.44. The van der Waals surface area contributed by atoms with Crippen LogP contribution in [0.2, 0.25) is 0 Å². The van der Waals surface area contributed by atoms with Crippen LogP contribution in [0, 0.1) is 22.2 Å². The zero-order chi connectivity index (χ0) is 13.0. The van der Waals surface area contributed by atoms with Gasteiger partial charge in [-0.2, -0.15) is 0 Å². The van der Waals surface area contributed by atoms with E-state index < -0.39 is 0 Å². The summed E-state index contributed by atoms with van der Waals surface area (Å²) in [5.74, 6) is 0.517. The van der Waals surface area contributed by atoms with Crippen molar-refractivity contribution in [3.05, 3.63) is 0 Å². The van der Waals surface area contributed by atoms with E-state index in [1.807, 2.05) is 0 Å². The number of aliphatic imine (C=N–C) groups is 1. The summed E-state index contributed by atoms with van der Waals surface area (Å²) < 4.78 is 0. The van der Waals surface area contributed by atoms with Crippen molar-refractivity contribution in [2.45, 2.75) is 58.8 Å². The van der Waals surface area contributed by atoms with Crippen LogP contribution in [-0.4, -0.2) is 12.0 Å². The zero-order valence-corrected chi connectivity index (χ0v) is 11.3. The summed E-state index contributed by atoms with van der Waals surface area (Å²) in [4.78, 5) is 25.2. The van der Waals surface area contributed by atoms with Crippen molar-refractivity contribution in [2.75, 3.05) is 0 Å². The van der Waals surface area contributed by atoms with Crippen LogP contribution in [0.3, 0.4) is 0 Å². The number of amides is 1. The molecule has 18 heavy (non-hydrogen) atoms. The molecule has 0 radical (unpaired) electrons. The van der Waals surface area contributed by atoms with E-state index in [1.54, 1.807) is 0 Å². The molecular weight excluding hydrogens is 226 g/mol. The molecule has 0 spiro atoms. The third-order valence-electron chi connectivity index (χ3n) is 5.44. The van der Waals surface area contributed by atoms with Crippen LogP contribution < -0.4 is 0 Å². The Balaban J connectivity index is 1.89. The molecule has 4 aliphatic carbocycles. The molecule has 0 aromatic carbocycles. The predicted molar refractivity (Wildman–Crippen MR) is 67.6 cm³/mol.